The van der Waals surface area contributed by atoms with Crippen LogP contribution in [0.1, 0.15) is 57.0 Å². The number of aryl methyl sites for hydroxylation is 1. The topological polar surface area (TPSA) is 50.4 Å². The molecule has 4 nitrogen and oxygen atoms in total. The third kappa shape index (κ3) is 5.38. The molecule has 0 bridgehead atoms. The van der Waals surface area contributed by atoms with E-state index < -0.39 is 5.60 Å². The van der Waals surface area contributed by atoms with Gasteiger partial charge in [-0.15, -0.1) is 11.3 Å². The Balaban J connectivity index is 1.82. The molecule has 1 heterocycles. The number of hydrogen-bond acceptors (Lipinski definition) is 4. The number of carbonyl (C=O) groups excluding carboxylic acids is 1. The van der Waals surface area contributed by atoms with Crippen molar-refractivity contribution in [2.24, 2.45) is 0 Å². The van der Waals surface area contributed by atoms with Gasteiger partial charge in [0, 0.05) is 23.5 Å². The first-order valence-corrected chi connectivity index (χ1v) is 9.65. The van der Waals surface area contributed by atoms with E-state index in [-0.39, 0.29) is 12.1 Å². The number of halogens is 1. The van der Waals surface area contributed by atoms with Crippen molar-refractivity contribution in [2.75, 3.05) is 6.54 Å². The molecule has 0 saturated heterocycles. The van der Waals surface area contributed by atoms with Crippen LogP contribution in [0, 0.1) is 2.88 Å². The number of carbonyl (C=O) groups is 1. The smallest absolute Gasteiger partial charge is 0.407 e. The molecule has 2 N–H and O–H groups in total. The zero-order valence-corrected chi connectivity index (χ0v) is 16.6. The van der Waals surface area contributed by atoms with Crippen LogP contribution in [0.25, 0.3) is 0 Å². The minimum Gasteiger partial charge on any atom is -0.444 e. The molecule has 0 fully saturated rings. The van der Waals surface area contributed by atoms with E-state index in [9.17, 15) is 4.79 Å². The lowest BCUT2D eigenvalue weighted by atomic mass is 9.94. The second kappa shape index (κ2) is 7.49. The van der Waals surface area contributed by atoms with Crippen molar-refractivity contribution < 1.29 is 9.53 Å². The highest BCUT2D eigenvalue weighted by Crippen LogP contribution is 2.36. The molecule has 0 aliphatic heterocycles. The Labute approximate surface area is 150 Å². The molecule has 124 valence electrons. The van der Waals surface area contributed by atoms with Crippen molar-refractivity contribution in [1.82, 2.24) is 10.6 Å². The van der Waals surface area contributed by atoms with Gasteiger partial charge in [0.1, 0.15) is 5.60 Å². The average Bonchev–Trinajstić information content (AvgIpc) is 2.74. The van der Waals surface area contributed by atoms with Crippen LogP contribution in [-0.4, -0.2) is 24.3 Å². The van der Waals surface area contributed by atoms with E-state index in [0.717, 1.165) is 6.54 Å². The molecule has 2 atom stereocenters. The first-order chi connectivity index (χ1) is 10.2. The number of thiophene rings is 1. The van der Waals surface area contributed by atoms with Gasteiger partial charge in [-0.3, -0.25) is 0 Å². The fourth-order valence-electron chi connectivity index (χ4n) is 2.61. The molecule has 1 aliphatic carbocycles. The quantitative estimate of drug-likeness (QED) is 0.695. The highest BCUT2D eigenvalue weighted by atomic mass is 127. The van der Waals surface area contributed by atoms with E-state index in [2.05, 4.69) is 39.3 Å². The fraction of sp³-hybridized carbons (Fsp3) is 0.688. The van der Waals surface area contributed by atoms with Crippen molar-refractivity contribution in [3.63, 3.8) is 0 Å². The SMILES string of the molecule is CC(CNC1CCCc2sc(I)cc21)NC(=O)OC(C)(C)C. The van der Waals surface area contributed by atoms with Crippen molar-refractivity contribution in [3.05, 3.63) is 19.4 Å². The highest BCUT2D eigenvalue weighted by Gasteiger charge is 2.23. The molecule has 22 heavy (non-hydrogen) atoms. The minimum atomic E-state index is -0.455. The van der Waals surface area contributed by atoms with E-state index in [4.69, 9.17) is 4.74 Å². The van der Waals surface area contributed by atoms with Crippen LogP contribution in [-0.2, 0) is 11.2 Å². The summed E-state index contributed by atoms with van der Waals surface area (Å²) in [6, 6.07) is 2.74. The van der Waals surface area contributed by atoms with E-state index >= 15 is 0 Å². The number of ether oxygens (including phenoxy) is 1. The van der Waals surface area contributed by atoms with Crippen LogP contribution in [0.5, 0.6) is 0 Å². The summed E-state index contributed by atoms with van der Waals surface area (Å²) in [6.45, 7) is 8.36. The summed E-state index contributed by atoms with van der Waals surface area (Å²) >= 11 is 4.30. The van der Waals surface area contributed by atoms with Gasteiger partial charge in [-0.25, -0.2) is 4.79 Å². The van der Waals surface area contributed by atoms with Crippen molar-refractivity contribution in [1.29, 1.82) is 0 Å². The molecule has 6 heteroatoms. The van der Waals surface area contributed by atoms with Crippen LogP contribution in [0.2, 0.25) is 0 Å². The molecule has 1 aromatic rings. The van der Waals surface area contributed by atoms with E-state index in [1.165, 1.54) is 32.6 Å². The Morgan fingerprint density at radius 3 is 2.95 bits per heavy atom. The number of amides is 1. The maximum Gasteiger partial charge on any atom is 0.407 e. The van der Waals surface area contributed by atoms with Crippen LogP contribution in [0.4, 0.5) is 4.79 Å². The maximum atomic E-state index is 11.8. The zero-order chi connectivity index (χ0) is 16.3. The van der Waals surface area contributed by atoms with E-state index in [1.807, 2.05) is 39.0 Å². The normalized spacial score (nSPS) is 19.4. The number of hydrogen-bond donors (Lipinski definition) is 2. The van der Waals surface area contributed by atoms with Gasteiger partial charge in [0.05, 0.1) is 2.88 Å². The Kier molecular flexibility index (Phi) is 6.13. The van der Waals surface area contributed by atoms with Gasteiger partial charge < -0.3 is 15.4 Å². The molecule has 2 rings (SSSR count). The summed E-state index contributed by atoms with van der Waals surface area (Å²) in [6.07, 6.45) is 3.25. The maximum absolute atomic E-state index is 11.8. The Hall–Kier alpha value is -0.340. The summed E-state index contributed by atoms with van der Waals surface area (Å²) in [4.78, 5) is 13.3. The number of nitrogens with one attached hydrogen (secondary N) is 2. The molecular weight excluding hydrogens is 411 g/mol. The summed E-state index contributed by atoms with van der Waals surface area (Å²) in [5.74, 6) is 0. The summed E-state index contributed by atoms with van der Waals surface area (Å²) < 4.78 is 6.64. The Morgan fingerprint density at radius 2 is 2.27 bits per heavy atom. The molecule has 0 spiro atoms. The first-order valence-electron chi connectivity index (χ1n) is 7.75. The van der Waals surface area contributed by atoms with Crippen molar-refractivity contribution in [2.45, 2.75) is 64.6 Å². The lowest BCUT2D eigenvalue weighted by Crippen LogP contribution is -2.43. The van der Waals surface area contributed by atoms with Gasteiger partial charge in [-0.05, 0) is 81.2 Å². The summed E-state index contributed by atoms with van der Waals surface area (Å²) in [7, 11) is 0. The monoisotopic (exact) mass is 436 g/mol. The number of alkyl carbamates (subject to hydrolysis) is 1. The van der Waals surface area contributed by atoms with Crippen LogP contribution < -0.4 is 10.6 Å². The molecule has 1 aliphatic rings. The van der Waals surface area contributed by atoms with Gasteiger partial charge >= 0.3 is 6.09 Å². The molecule has 2 unspecified atom stereocenters. The van der Waals surface area contributed by atoms with E-state index in [1.54, 1.807) is 0 Å². The van der Waals surface area contributed by atoms with Gasteiger partial charge in [-0.1, -0.05) is 0 Å². The second-order valence-corrected chi connectivity index (χ2v) is 9.86. The molecule has 0 aromatic carbocycles. The standard InChI is InChI=1S/C16H25IN2O2S/c1-10(19-15(20)21-16(2,3)4)9-18-12-6-5-7-13-11(12)8-14(17)22-13/h8,10,12,18H,5-7,9H2,1-4H3,(H,19,20). The van der Waals surface area contributed by atoms with Crippen LogP contribution in [0.15, 0.2) is 6.07 Å². The highest BCUT2D eigenvalue weighted by molar-refractivity contribution is 14.1. The predicted octanol–water partition coefficient (Wildman–Crippen LogP) is 4.23. The predicted molar refractivity (Wildman–Crippen MR) is 99.5 cm³/mol. The molecule has 0 saturated carbocycles. The zero-order valence-electron chi connectivity index (χ0n) is 13.7. The molecule has 1 aromatic heterocycles. The molecular formula is C16H25IN2O2S. The molecule has 0 radical (unpaired) electrons. The number of rotatable bonds is 4. The van der Waals surface area contributed by atoms with Gasteiger partial charge in [0.15, 0.2) is 0 Å². The summed E-state index contributed by atoms with van der Waals surface area (Å²) in [5, 5.41) is 6.47. The lowest BCUT2D eigenvalue weighted by molar-refractivity contribution is 0.0507. The Morgan fingerprint density at radius 1 is 1.55 bits per heavy atom. The fourth-order valence-corrected chi connectivity index (χ4v) is 4.73. The average molecular weight is 436 g/mol. The van der Waals surface area contributed by atoms with Crippen molar-refractivity contribution >= 4 is 40.0 Å². The largest absolute Gasteiger partial charge is 0.444 e. The second-order valence-electron chi connectivity index (χ2n) is 6.83. The van der Waals surface area contributed by atoms with Gasteiger partial charge in [-0.2, -0.15) is 0 Å². The Bertz CT molecular complexity index is 525. The third-order valence-electron chi connectivity index (χ3n) is 3.52. The number of fused-ring (bicyclic) bond motifs is 1. The van der Waals surface area contributed by atoms with Gasteiger partial charge in [0.2, 0.25) is 0 Å². The minimum absolute atomic E-state index is 0.0398. The van der Waals surface area contributed by atoms with Crippen molar-refractivity contribution in [3.8, 4) is 0 Å². The summed E-state index contributed by atoms with van der Waals surface area (Å²) in [5.41, 5.74) is 0.994. The van der Waals surface area contributed by atoms with Gasteiger partial charge in [0.25, 0.3) is 0 Å². The van der Waals surface area contributed by atoms with E-state index in [0.29, 0.717) is 6.04 Å². The van der Waals surface area contributed by atoms with Crippen LogP contribution >= 0.6 is 33.9 Å². The van der Waals surface area contributed by atoms with Crippen LogP contribution in [0.3, 0.4) is 0 Å². The first kappa shape index (κ1) is 18.0. The lowest BCUT2D eigenvalue weighted by Gasteiger charge is -2.26. The third-order valence-corrected chi connectivity index (χ3v) is 5.49. The molecule has 1 amide bonds.